The van der Waals surface area contributed by atoms with E-state index >= 15 is 0 Å². The van der Waals surface area contributed by atoms with E-state index in [2.05, 4.69) is 0 Å². The van der Waals surface area contributed by atoms with Gasteiger partial charge in [0.15, 0.2) is 0 Å². The molecule has 1 saturated heterocycles. The first kappa shape index (κ1) is 13.3. The van der Waals surface area contributed by atoms with E-state index < -0.39 is 18.0 Å². The van der Waals surface area contributed by atoms with Crippen LogP contribution in [0.15, 0.2) is 18.2 Å². The van der Waals surface area contributed by atoms with E-state index in [-0.39, 0.29) is 36.0 Å². The minimum absolute atomic E-state index is 0.0616. The molecule has 1 aliphatic heterocycles. The van der Waals surface area contributed by atoms with E-state index in [1.165, 1.54) is 23.1 Å². The summed E-state index contributed by atoms with van der Waals surface area (Å²) in [6.45, 7) is 0.123. The van der Waals surface area contributed by atoms with Gasteiger partial charge >= 0.3 is 0 Å². The molecule has 1 aromatic carbocycles. The number of halogens is 2. The van der Waals surface area contributed by atoms with Crippen molar-refractivity contribution in [2.75, 3.05) is 13.1 Å². The zero-order valence-corrected chi connectivity index (χ0v) is 10.3. The number of nitrogens with zero attached hydrogens (tertiary/aromatic N) is 1. The Balaban J connectivity index is 2.08. The molecule has 0 aliphatic carbocycles. The lowest BCUT2D eigenvalue weighted by Crippen LogP contribution is -2.31. The summed E-state index contributed by atoms with van der Waals surface area (Å²) in [5.41, 5.74) is 0.139. The second kappa shape index (κ2) is 5.22. The molecule has 0 radical (unpaired) electrons. The number of aliphatic hydroxyl groups excluding tert-OH is 2. The van der Waals surface area contributed by atoms with Gasteiger partial charge in [0.25, 0.3) is 0 Å². The number of carbonyl (C=O) groups is 1. The van der Waals surface area contributed by atoms with Gasteiger partial charge in [-0.3, -0.25) is 4.79 Å². The first-order valence-electron chi connectivity index (χ1n) is 5.56. The van der Waals surface area contributed by atoms with Crippen LogP contribution in [0.4, 0.5) is 4.39 Å². The summed E-state index contributed by atoms with van der Waals surface area (Å²) in [6, 6.07) is 4.22. The molecule has 2 rings (SSSR count). The molecule has 1 aliphatic rings. The van der Waals surface area contributed by atoms with Crippen LogP contribution in [0.2, 0.25) is 5.02 Å². The Morgan fingerprint density at radius 1 is 1.39 bits per heavy atom. The van der Waals surface area contributed by atoms with Gasteiger partial charge in [0, 0.05) is 23.7 Å². The predicted molar refractivity (Wildman–Crippen MR) is 63.7 cm³/mol. The second-order valence-electron chi connectivity index (χ2n) is 4.31. The molecule has 6 heteroatoms. The average Bonchev–Trinajstić information content (AvgIpc) is 2.64. The van der Waals surface area contributed by atoms with Crippen molar-refractivity contribution in [2.24, 2.45) is 0 Å². The average molecular weight is 274 g/mol. The molecule has 2 atom stereocenters. The van der Waals surface area contributed by atoms with Crippen LogP contribution in [0.3, 0.4) is 0 Å². The van der Waals surface area contributed by atoms with E-state index in [1.54, 1.807) is 0 Å². The Morgan fingerprint density at radius 3 is 2.56 bits per heavy atom. The number of carbonyl (C=O) groups excluding carboxylic acids is 1. The highest BCUT2D eigenvalue weighted by Gasteiger charge is 2.32. The van der Waals surface area contributed by atoms with E-state index in [1.807, 2.05) is 0 Å². The maximum Gasteiger partial charge on any atom is 0.227 e. The summed E-state index contributed by atoms with van der Waals surface area (Å²) in [4.78, 5) is 13.2. The number of likely N-dealkylation sites (tertiary alicyclic amines) is 1. The van der Waals surface area contributed by atoms with E-state index in [0.717, 1.165) is 0 Å². The number of amides is 1. The summed E-state index contributed by atoms with van der Waals surface area (Å²) in [6.07, 6.45) is -2.06. The van der Waals surface area contributed by atoms with Gasteiger partial charge in [0.05, 0.1) is 18.6 Å². The van der Waals surface area contributed by atoms with Crippen molar-refractivity contribution < 1.29 is 19.4 Å². The standard InChI is InChI=1S/C12H13ClFNO3/c13-8-2-1-3-9(14)7(8)4-12(18)15-5-10(16)11(17)6-15/h1-3,10-11,16-17H,4-6H2/t10-,11+. The van der Waals surface area contributed by atoms with Crippen LogP contribution in [-0.4, -0.2) is 46.3 Å². The molecule has 1 fully saturated rings. The van der Waals surface area contributed by atoms with Gasteiger partial charge < -0.3 is 15.1 Å². The van der Waals surface area contributed by atoms with Crippen molar-refractivity contribution in [2.45, 2.75) is 18.6 Å². The van der Waals surface area contributed by atoms with Crippen LogP contribution < -0.4 is 0 Å². The maximum absolute atomic E-state index is 13.5. The molecule has 0 spiro atoms. The highest BCUT2D eigenvalue weighted by molar-refractivity contribution is 6.31. The van der Waals surface area contributed by atoms with Crippen molar-refractivity contribution >= 4 is 17.5 Å². The Bertz CT molecular complexity index is 438. The van der Waals surface area contributed by atoms with E-state index in [4.69, 9.17) is 11.6 Å². The van der Waals surface area contributed by atoms with Crippen molar-refractivity contribution in [1.82, 2.24) is 4.90 Å². The minimum Gasteiger partial charge on any atom is -0.388 e. The van der Waals surface area contributed by atoms with Crippen LogP contribution in [-0.2, 0) is 11.2 Å². The predicted octanol–water partition coefficient (Wildman–Crippen LogP) is 0.586. The third kappa shape index (κ3) is 2.63. The van der Waals surface area contributed by atoms with Gasteiger partial charge in [-0.1, -0.05) is 17.7 Å². The fourth-order valence-electron chi connectivity index (χ4n) is 1.94. The van der Waals surface area contributed by atoms with Gasteiger partial charge in [0.2, 0.25) is 5.91 Å². The molecule has 1 amide bonds. The molecule has 98 valence electrons. The lowest BCUT2D eigenvalue weighted by molar-refractivity contribution is -0.130. The van der Waals surface area contributed by atoms with Crippen LogP contribution in [0.5, 0.6) is 0 Å². The fraction of sp³-hybridized carbons (Fsp3) is 0.417. The second-order valence-corrected chi connectivity index (χ2v) is 4.72. The molecule has 0 bridgehead atoms. The molecular formula is C12H13ClFNO3. The molecule has 1 heterocycles. The number of aliphatic hydroxyl groups is 2. The molecule has 0 aromatic heterocycles. The van der Waals surface area contributed by atoms with Crippen LogP contribution in [0.25, 0.3) is 0 Å². The Labute approximate surface area is 109 Å². The maximum atomic E-state index is 13.5. The largest absolute Gasteiger partial charge is 0.388 e. The summed E-state index contributed by atoms with van der Waals surface area (Å²) in [5, 5.41) is 18.9. The van der Waals surface area contributed by atoms with Gasteiger partial charge in [-0.25, -0.2) is 4.39 Å². The Morgan fingerprint density at radius 2 is 2.00 bits per heavy atom. The number of rotatable bonds is 2. The molecule has 18 heavy (non-hydrogen) atoms. The highest BCUT2D eigenvalue weighted by atomic mass is 35.5. The normalized spacial score (nSPS) is 23.4. The number of hydrogen-bond acceptors (Lipinski definition) is 3. The SMILES string of the molecule is O=C(Cc1c(F)cccc1Cl)N1C[C@@H](O)[C@@H](O)C1. The molecule has 4 nitrogen and oxygen atoms in total. The molecule has 2 N–H and O–H groups in total. The summed E-state index contributed by atoms with van der Waals surface area (Å²) in [5.74, 6) is -0.895. The van der Waals surface area contributed by atoms with Crippen LogP contribution >= 0.6 is 11.6 Å². The first-order chi connectivity index (χ1) is 8.49. The molecule has 0 saturated carbocycles. The van der Waals surface area contributed by atoms with Crippen LogP contribution in [0.1, 0.15) is 5.56 Å². The van der Waals surface area contributed by atoms with Gasteiger partial charge in [-0.15, -0.1) is 0 Å². The van der Waals surface area contributed by atoms with Crippen molar-refractivity contribution in [1.29, 1.82) is 0 Å². The Kier molecular flexibility index (Phi) is 3.85. The van der Waals surface area contributed by atoms with Gasteiger partial charge in [0.1, 0.15) is 5.82 Å². The third-order valence-corrected chi connectivity index (χ3v) is 3.36. The fourth-order valence-corrected chi connectivity index (χ4v) is 2.17. The molecule has 1 aromatic rings. The van der Waals surface area contributed by atoms with Crippen LogP contribution in [0, 0.1) is 5.82 Å². The topological polar surface area (TPSA) is 60.8 Å². The molecule has 0 unspecified atom stereocenters. The lowest BCUT2D eigenvalue weighted by Gasteiger charge is -2.16. The van der Waals surface area contributed by atoms with Crippen molar-refractivity contribution in [3.8, 4) is 0 Å². The number of hydrogen-bond donors (Lipinski definition) is 2. The summed E-state index contributed by atoms with van der Waals surface area (Å²) >= 11 is 5.83. The van der Waals surface area contributed by atoms with Gasteiger partial charge in [-0.2, -0.15) is 0 Å². The number of benzene rings is 1. The number of β-amino-alcohol motifs (C(OH)–C–C–N with tert-alkyl or cyclic N) is 2. The van der Waals surface area contributed by atoms with Gasteiger partial charge in [-0.05, 0) is 12.1 Å². The van der Waals surface area contributed by atoms with Crippen molar-refractivity contribution in [3.63, 3.8) is 0 Å². The van der Waals surface area contributed by atoms with E-state index in [9.17, 15) is 19.4 Å². The zero-order chi connectivity index (χ0) is 13.3. The monoisotopic (exact) mass is 273 g/mol. The first-order valence-corrected chi connectivity index (χ1v) is 5.93. The zero-order valence-electron chi connectivity index (χ0n) is 9.51. The third-order valence-electron chi connectivity index (χ3n) is 3.00. The Hall–Kier alpha value is -1.17. The minimum atomic E-state index is -0.940. The quantitative estimate of drug-likeness (QED) is 0.829. The van der Waals surface area contributed by atoms with E-state index in [0.29, 0.717) is 0 Å². The highest BCUT2D eigenvalue weighted by Crippen LogP contribution is 2.21. The smallest absolute Gasteiger partial charge is 0.227 e. The summed E-state index contributed by atoms with van der Waals surface area (Å²) in [7, 11) is 0. The summed E-state index contributed by atoms with van der Waals surface area (Å²) < 4.78 is 13.5. The molecular weight excluding hydrogens is 261 g/mol. The lowest BCUT2D eigenvalue weighted by atomic mass is 10.1. The van der Waals surface area contributed by atoms with Crippen molar-refractivity contribution in [3.05, 3.63) is 34.6 Å².